The molecular weight excluding hydrogens is 711 g/mol. The maximum atomic E-state index is 11.1. The van der Waals surface area contributed by atoms with Crippen LogP contribution in [0.15, 0.2) is 0 Å². The number of aliphatic carboxylic acids is 4. The van der Waals surface area contributed by atoms with Crippen LogP contribution in [-0.4, -0.2) is 68.0 Å². The predicted octanol–water partition coefficient (Wildman–Crippen LogP) is 1.69. The molecular formula is C28H50O8S4Sn. The van der Waals surface area contributed by atoms with Crippen LogP contribution in [0.3, 0.4) is 0 Å². The van der Waals surface area contributed by atoms with Crippen LogP contribution in [0.1, 0.15) is 104 Å². The second kappa shape index (κ2) is 30.1. The Morgan fingerprint density at radius 2 is 0.829 bits per heavy atom. The van der Waals surface area contributed by atoms with Crippen LogP contribution >= 0.6 is 50.5 Å². The van der Waals surface area contributed by atoms with Gasteiger partial charge in [0.1, 0.15) is 0 Å². The van der Waals surface area contributed by atoms with Crippen molar-refractivity contribution in [1.82, 2.24) is 0 Å². The molecule has 0 amide bonds. The van der Waals surface area contributed by atoms with Gasteiger partial charge in [0.15, 0.2) is 0 Å². The van der Waals surface area contributed by atoms with E-state index in [9.17, 15) is 39.6 Å². The van der Waals surface area contributed by atoms with Gasteiger partial charge in [-0.3, -0.25) is 0 Å². The van der Waals surface area contributed by atoms with Crippen LogP contribution < -0.4 is 20.4 Å². The zero-order valence-electron chi connectivity index (χ0n) is 24.7. The predicted molar refractivity (Wildman–Crippen MR) is 172 cm³/mol. The van der Waals surface area contributed by atoms with Gasteiger partial charge in [-0.2, -0.15) is 50.5 Å². The first-order valence-corrected chi connectivity index (χ1v) is 20.9. The molecule has 0 rings (SSSR count). The third kappa shape index (κ3) is 25.1. The van der Waals surface area contributed by atoms with E-state index < -0.39 is 34.7 Å². The summed E-state index contributed by atoms with van der Waals surface area (Å²) in [5.74, 6) is -2.92. The molecule has 0 atom stereocenters. The van der Waals surface area contributed by atoms with Crippen molar-refractivity contribution >= 4 is 95.5 Å². The number of carboxylic acids is 4. The zero-order chi connectivity index (χ0) is 32.2. The normalized spacial score (nSPS) is 11.1. The Hall–Kier alpha value is 0.0787. The first-order chi connectivity index (χ1) is 19.4. The molecule has 0 spiro atoms. The van der Waals surface area contributed by atoms with Crippen molar-refractivity contribution in [1.29, 1.82) is 0 Å². The van der Waals surface area contributed by atoms with Gasteiger partial charge in [0.25, 0.3) is 0 Å². The van der Waals surface area contributed by atoms with E-state index >= 15 is 0 Å². The molecule has 0 aliphatic rings. The number of unbranched alkanes of at least 4 members (excludes halogenated alkanes) is 2. The maximum absolute atomic E-state index is 11.1. The van der Waals surface area contributed by atoms with Gasteiger partial charge in [-0.25, -0.2) is 0 Å². The van der Waals surface area contributed by atoms with Gasteiger partial charge in [-0.1, -0.05) is 0 Å². The summed E-state index contributed by atoms with van der Waals surface area (Å²) >= 11 is 16.2. The largest absolute Gasteiger partial charge is 0.550 e. The van der Waals surface area contributed by atoms with Crippen LogP contribution in [0.5, 0.6) is 0 Å². The van der Waals surface area contributed by atoms with Crippen molar-refractivity contribution in [2.24, 2.45) is 10.8 Å². The number of carbonyl (C=O) groups excluding carboxylic acids is 4. The maximum Gasteiger partial charge on any atom is 0.0476 e. The minimum Gasteiger partial charge on any atom is -0.550 e. The van der Waals surface area contributed by atoms with E-state index in [0.29, 0.717) is 48.7 Å². The molecule has 6 radical (unpaired) electrons. The number of hydrogen-bond acceptors (Lipinski definition) is 12. The molecule has 8 nitrogen and oxygen atoms in total. The van der Waals surface area contributed by atoms with Gasteiger partial charge < -0.3 is 39.6 Å². The Morgan fingerprint density at radius 1 is 0.537 bits per heavy atom. The first kappa shape index (κ1) is 45.5. The Morgan fingerprint density at radius 3 is 1.02 bits per heavy atom. The van der Waals surface area contributed by atoms with E-state index in [4.69, 9.17) is 0 Å². The van der Waals surface area contributed by atoms with Crippen molar-refractivity contribution in [2.45, 2.75) is 113 Å². The number of rotatable bonds is 24. The van der Waals surface area contributed by atoms with Gasteiger partial charge in [0, 0.05) is 34.7 Å². The molecule has 41 heavy (non-hydrogen) atoms. The molecule has 0 saturated heterocycles. The van der Waals surface area contributed by atoms with E-state index in [2.05, 4.69) is 64.4 Å². The van der Waals surface area contributed by atoms with Crippen molar-refractivity contribution < 1.29 is 39.6 Å². The monoisotopic (exact) mass is 762 g/mol. The summed E-state index contributed by atoms with van der Waals surface area (Å²) in [4.78, 5) is 42.8. The van der Waals surface area contributed by atoms with Crippen LogP contribution in [0.25, 0.3) is 0 Å². The fourth-order valence-electron chi connectivity index (χ4n) is 4.09. The third-order valence-electron chi connectivity index (χ3n) is 6.71. The molecule has 0 unspecified atom stereocenters. The second-order valence-electron chi connectivity index (χ2n) is 9.94. The standard InChI is InChI=1S/2C10H18O4S2.2C4H9.Sn/c2*11-8(12)2-1-3-10(4-6-15,5-7-16)9(13)14;2*1-3-4-2;/h2*15-16H,1-7H2,(H,11,12)(H,13,14);2*1,3-4H2,2H3;/q;;;;+4/p-4. The van der Waals surface area contributed by atoms with E-state index in [-0.39, 0.29) is 59.7 Å². The second-order valence-corrected chi connectivity index (χ2v) is 16.0. The molecule has 238 valence electrons. The number of carbonyl (C=O) groups is 4. The minimum atomic E-state index is -1.16. The Kier molecular flexibility index (Phi) is 33.4. The van der Waals surface area contributed by atoms with Gasteiger partial charge in [0.2, 0.25) is 0 Å². The molecule has 0 aliphatic carbocycles. The summed E-state index contributed by atoms with van der Waals surface area (Å²) in [6.45, 7) is 4.58. The summed E-state index contributed by atoms with van der Waals surface area (Å²) in [7, 11) is 0. The average Bonchev–Trinajstić information content (AvgIpc) is 2.89. The van der Waals surface area contributed by atoms with Crippen molar-refractivity contribution in [3.63, 3.8) is 0 Å². The Bertz CT molecular complexity index is 630. The number of hydrogen-bond donors (Lipinski definition) is 4. The molecule has 0 fully saturated rings. The molecule has 13 heteroatoms. The summed E-state index contributed by atoms with van der Waals surface area (Å²) in [6, 6.07) is 0. The minimum absolute atomic E-state index is 0.131. The number of thiol groups is 4. The molecule has 0 aliphatic heterocycles. The molecule has 0 heterocycles. The molecule has 0 saturated carbocycles. The topological polar surface area (TPSA) is 161 Å². The fraction of sp³-hybridized carbons (Fsp3) is 0.857. The van der Waals surface area contributed by atoms with Crippen molar-refractivity contribution in [3.05, 3.63) is 0 Å². The first-order valence-electron chi connectivity index (χ1n) is 14.3. The van der Waals surface area contributed by atoms with Crippen LogP contribution in [0, 0.1) is 10.8 Å². The van der Waals surface area contributed by atoms with E-state index in [1.54, 1.807) is 8.87 Å². The molecule has 0 aromatic rings. The van der Waals surface area contributed by atoms with E-state index in [0.717, 1.165) is 0 Å². The molecule has 0 bridgehead atoms. The average molecular weight is 762 g/mol. The molecule has 0 aromatic heterocycles. The molecule has 0 N–H and O–H groups in total. The summed E-state index contributed by atoms with van der Waals surface area (Å²) < 4.78 is 3.25. The van der Waals surface area contributed by atoms with Crippen molar-refractivity contribution in [2.75, 3.05) is 23.0 Å². The number of carboxylic acid groups (broad SMARTS) is 4. The van der Waals surface area contributed by atoms with E-state index in [1.165, 1.54) is 25.7 Å². The van der Waals surface area contributed by atoms with Crippen molar-refractivity contribution in [3.8, 4) is 0 Å². The quantitative estimate of drug-likeness (QED) is 0.0658. The fourth-order valence-corrected chi connectivity index (χ4v) is 9.96. The molecule has 0 aromatic carbocycles. The van der Waals surface area contributed by atoms with Gasteiger partial charge >= 0.3 is 69.5 Å². The third-order valence-corrected chi connectivity index (χ3v) is 11.6. The van der Waals surface area contributed by atoms with Gasteiger partial charge in [-0.05, 0) is 87.2 Å². The Labute approximate surface area is 279 Å². The zero-order valence-corrected chi connectivity index (χ0v) is 31.1. The van der Waals surface area contributed by atoms with Crippen LogP contribution in [0.2, 0.25) is 8.87 Å². The SMILES string of the molecule is CCC[CH2][Sn+4][CH2]CCC.O=C([O-])CCCC(CCS)(CCS)C(=O)[O-].O=C([O-])CCCC(CCS)(CCS)C(=O)[O-]. The smallest absolute Gasteiger partial charge is 0.0476 e. The van der Waals surface area contributed by atoms with Gasteiger partial charge in [-0.15, -0.1) is 0 Å². The summed E-state index contributed by atoms with van der Waals surface area (Å²) in [6.07, 6.45) is 8.13. The summed E-state index contributed by atoms with van der Waals surface area (Å²) in [5, 5.41) is 42.8. The Balaban J connectivity index is -0.000000551. The summed E-state index contributed by atoms with van der Waals surface area (Å²) in [5.41, 5.74) is -2.00. The van der Waals surface area contributed by atoms with Crippen LogP contribution in [-0.2, 0) is 19.2 Å². The van der Waals surface area contributed by atoms with Gasteiger partial charge in [0.05, 0.1) is 0 Å². The van der Waals surface area contributed by atoms with E-state index in [1.807, 2.05) is 0 Å². The van der Waals surface area contributed by atoms with Crippen LogP contribution in [0.4, 0.5) is 0 Å².